The van der Waals surface area contributed by atoms with Gasteiger partial charge in [0, 0.05) is 12.1 Å². The third kappa shape index (κ3) is 4.56. The molecular formula is C19H30BNO4. The number of benzene rings is 1. The lowest BCUT2D eigenvalue weighted by Gasteiger charge is -2.32. The van der Waals surface area contributed by atoms with Crippen molar-refractivity contribution in [3.8, 4) is 5.75 Å². The summed E-state index contributed by atoms with van der Waals surface area (Å²) in [5, 5.41) is 2.93. The maximum Gasteiger partial charge on any atom is 0.494 e. The molecule has 138 valence electrons. The minimum atomic E-state index is -0.439. The normalized spacial score (nSPS) is 18.2. The standard InChI is InChI=1S/C19H30BNO4/c1-7-8-11-21-17(22)12-14-9-10-15(13-16(14)23-6)20-24-18(2,3)19(4,5)25-20/h9-10,13H,7-8,11-12H2,1-6H3,(H,21,22). The van der Waals surface area contributed by atoms with Gasteiger partial charge in [0.05, 0.1) is 24.7 Å². The zero-order chi connectivity index (χ0) is 18.7. The summed E-state index contributed by atoms with van der Waals surface area (Å²) in [6.45, 7) is 10.9. The van der Waals surface area contributed by atoms with E-state index in [0.29, 0.717) is 18.7 Å². The van der Waals surface area contributed by atoms with Gasteiger partial charge in [-0.2, -0.15) is 0 Å². The van der Waals surface area contributed by atoms with E-state index < -0.39 is 7.12 Å². The maximum absolute atomic E-state index is 12.1. The number of ether oxygens (including phenoxy) is 1. The maximum atomic E-state index is 12.1. The van der Waals surface area contributed by atoms with E-state index in [1.165, 1.54) is 0 Å². The molecule has 0 aliphatic carbocycles. The Bertz CT molecular complexity index is 599. The zero-order valence-electron chi connectivity index (χ0n) is 16.3. The second-order valence-corrected chi connectivity index (χ2v) is 7.54. The van der Waals surface area contributed by atoms with E-state index in [9.17, 15) is 4.79 Å². The van der Waals surface area contributed by atoms with E-state index in [4.69, 9.17) is 14.0 Å². The van der Waals surface area contributed by atoms with Gasteiger partial charge in [0.25, 0.3) is 0 Å². The Labute approximate surface area is 151 Å². The van der Waals surface area contributed by atoms with Gasteiger partial charge in [-0.3, -0.25) is 4.79 Å². The van der Waals surface area contributed by atoms with Crippen molar-refractivity contribution in [3.63, 3.8) is 0 Å². The Balaban J connectivity index is 2.11. The molecule has 1 heterocycles. The molecule has 0 aromatic heterocycles. The van der Waals surface area contributed by atoms with Crippen LogP contribution in [0.1, 0.15) is 53.0 Å². The second kappa shape index (κ2) is 7.79. The van der Waals surface area contributed by atoms with Crippen molar-refractivity contribution in [1.82, 2.24) is 5.32 Å². The molecule has 1 aliphatic heterocycles. The molecule has 0 radical (unpaired) electrons. The predicted octanol–water partition coefficient (Wildman–Crippen LogP) is 2.45. The van der Waals surface area contributed by atoms with Crippen LogP contribution >= 0.6 is 0 Å². The molecule has 1 fully saturated rings. The van der Waals surface area contributed by atoms with Crippen molar-refractivity contribution in [2.24, 2.45) is 0 Å². The summed E-state index contributed by atoms with van der Waals surface area (Å²) in [7, 11) is 1.17. The zero-order valence-corrected chi connectivity index (χ0v) is 16.3. The Morgan fingerprint density at radius 3 is 2.40 bits per heavy atom. The lowest BCUT2D eigenvalue weighted by atomic mass is 9.78. The van der Waals surface area contributed by atoms with Gasteiger partial charge in [-0.05, 0) is 45.6 Å². The first-order valence-corrected chi connectivity index (χ1v) is 8.99. The highest BCUT2D eigenvalue weighted by Gasteiger charge is 2.51. The first-order valence-electron chi connectivity index (χ1n) is 8.99. The van der Waals surface area contributed by atoms with Gasteiger partial charge in [-0.25, -0.2) is 0 Å². The summed E-state index contributed by atoms with van der Waals surface area (Å²) >= 11 is 0. The Morgan fingerprint density at radius 2 is 1.84 bits per heavy atom. The van der Waals surface area contributed by atoms with Crippen LogP contribution in [0.4, 0.5) is 0 Å². The van der Waals surface area contributed by atoms with E-state index in [-0.39, 0.29) is 17.1 Å². The molecule has 1 aromatic carbocycles. The van der Waals surface area contributed by atoms with Crippen LogP contribution in [0.2, 0.25) is 0 Å². The molecule has 1 saturated heterocycles. The van der Waals surface area contributed by atoms with Crippen molar-refractivity contribution in [3.05, 3.63) is 23.8 Å². The predicted molar refractivity (Wildman–Crippen MR) is 100 cm³/mol. The molecule has 1 amide bonds. The minimum Gasteiger partial charge on any atom is -0.496 e. The van der Waals surface area contributed by atoms with Crippen LogP contribution in [-0.4, -0.2) is 37.9 Å². The topological polar surface area (TPSA) is 56.8 Å². The molecule has 0 bridgehead atoms. The van der Waals surface area contributed by atoms with Gasteiger partial charge in [-0.15, -0.1) is 0 Å². The monoisotopic (exact) mass is 347 g/mol. The molecule has 5 nitrogen and oxygen atoms in total. The van der Waals surface area contributed by atoms with E-state index in [1.54, 1.807) is 7.11 Å². The summed E-state index contributed by atoms with van der Waals surface area (Å²) in [5.74, 6) is 0.688. The number of carbonyl (C=O) groups excluding carboxylic acids is 1. The van der Waals surface area contributed by atoms with Crippen molar-refractivity contribution < 1.29 is 18.8 Å². The summed E-state index contributed by atoms with van der Waals surface area (Å²) in [6.07, 6.45) is 2.35. The molecule has 2 rings (SSSR count). The summed E-state index contributed by atoms with van der Waals surface area (Å²) in [5.41, 5.74) is 0.980. The largest absolute Gasteiger partial charge is 0.496 e. The third-order valence-electron chi connectivity index (χ3n) is 5.04. The highest BCUT2D eigenvalue weighted by molar-refractivity contribution is 6.62. The van der Waals surface area contributed by atoms with Crippen LogP contribution in [0.5, 0.6) is 5.75 Å². The van der Waals surface area contributed by atoms with Gasteiger partial charge in [0.1, 0.15) is 5.75 Å². The molecule has 0 unspecified atom stereocenters. The molecule has 1 aliphatic rings. The molecule has 6 heteroatoms. The van der Waals surface area contributed by atoms with Crippen molar-refractivity contribution in [2.45, 2.75) is 65.1 Å². The fourth-order valence-corrected chi connectivity index (χ4v) is 2.67. The number of amides is 1. The second-order valence-electron chi connectivity index (χ2n) is 7.54. The Morgan fingerprint density at radius 1 is 1.20 bits per heavy atom. The van der Waals surface area contributed by atoms with Crippen molar-refractivity contribution >= 4 is 18.5 Å². The molecule has 0 spiro atoms. The Kier molecular flexibility index (Phi) is 6.17. The number of hydrogen-bond acceptors (Lipinski definition) is 4. The van der Waals surface area contributed by atoms with Gasteiger partial charge >= 0.3 is 7.12 Å². The summed E-state index contributed by atoms with van der Waals surface area (Å²) < 4.78 is 17.6. The number of methoxy groups -OCH3 is 1. The van der Waals surface area contributed by atoms with Crippen LogP contribution in [0.15, 0.2) is 18.2 Å². The van der Waals surface area contributed by atoms with E-state index in [2.05, 4.69) is 12.2 Å². The third-order valence-corrected chi connectivity index (χ3v) is 5.04. The van der Waals surface area contributed by atoms with E-state index in [1.807, 2.05) is 45.9 Å². The first kappa shape index (κ1) is 19.8. The van der Waals surface area contributed by atoms with Crippen LogP contribution in [0, 0.1) is 0 Å². The van der Waals surface area contributed by atoms with Gasteiger partial charge in [0.2, 0.25) is 5.91 Å². The first-order chi connectivity index (χ1) is 11.7. The summed E-state index contributed by atoms with van der Waals surface area (Å²) in [4.78, 5) is 12.1. The van der Waals surface area contributed by atoms with Gasteiger partial charge in [-0.1, -0.05) is 25.5 Å². The molecule has 25 heavy (non-hydrogen) atoms. The summed E-state index contributed by atoms with van der Waals surface area (Å²) in [6, 6.07) is 5.76. The highest BCUT2D eigenvalue weighted by Crippen LogP contribution is 2.36. The van der Waals surface area contributed by atoms with Gasteiger partial charge in [0.15, 0.2) is 0 Å². The number of unbranched alkanes of at least 4 members (excludes halogenated alkanes) is 1. The van der Waals surface area contributed by atoms with Crippen molar-refractivity contribution in [1.29, 1.82) is 0 Å². The average Bonchev–Trinajstić information content (AvgIpc) is 2.76. The molecule has 1 N–H and O–H groups in total. The number of hydrogen-bond donors (Lipinski definition) is 1. The van der Waals surface area contributed by atoms with Crippen LogP contribution in [0.25, 0.3) is 0 Å². The quantitative estimate of drug-likeness (QED) is 0.608. The molecule has 0 saturated carbocycles. The van der Waals surface area contributed by atoms with Crippen molar-refractivity contribution in [2.75, 3.05) is 13.7 Å². The SMILES string of the molecule is CCCCNC(=O)Cc1ccc(B2OC(C)(C)C(C)(C)O2)cc1OC. The smallest absolute Gasteiger partial charge is 0.494 e. The number of nitrogens with one attached hydrogen (secondary N) is 1. The average molecular weight is 347 g/mol. The lowest BCUT2D eigenvalue weighted by molar-refractivity contribution is -0.120. The van der Waals surface area contributed by atoms with Crippen LogP contribution in [-0.2, 0) is 20.5 Å². The molecule has 0 atom stereocenters. The number of carbonyl (C=O) groups is 1. The van der Waals surface area contributed by atoms with E-state index in [0.717, 1.165) is 23.9 Å². The fraction of sp³-hybridized carbons (Fsp3) is 0.632. The fourth-order valence-electron chi connectivity index (χ4n) is 2.67. The Hall–Kier alpha value is -1.53. The molecule has 1 aromatic rings. The molecular weight excluding hydrogens is 317 g/mol. The van der Waals surface area contributed by atoms with Crippen LogP contribution in [0.3, 0.4) is 0 Å². The minimum absolute atomic E-state index is 0.00938. The van der Waals surface area contributed by atoms with E-state index >= 15 is 0 Å². The van der Waals surface area contributed by atoms with Gasteiger partial charge < -0.3 is 19.4 Å². The highest BCUT2D eigenvalue weighted by atomic mass is 16.7. The lowest BCUT2D eigenvalue weighted by Crippen LogP contribution is -2.41. The van der Waals surface area contributed by atoms with Crippen LogP contribution < -0.4 is 15.5 Å². The number of rotatable bonds is 7.